The Morgan fingerprint density at radius 1 is 1.17 bits per heavy atom. The van der Waals surface area contributed by atoms with Crippen LogP contribution in [0.1, 0.15) is 18.4 Å². The highest BCUT2D eigenvalue weighted by Crippen LogP contribution is 2.28. The number of fused-ring (bicyclic) bond motifs is 1. The van der Waals surface area contributed by atoms with Crippen LogP contribution < -0.4 is 5.32 Å². The average Bonchev–Trinajstić information content (AvgIpc) is 3.06. The van der Waals surface area contributed by atoms with Gasteiger partial charge in [0.15, 0.2) is 0 Å². The number of halogens is 1. The third-order valence-corrected chi connectivity index (χ3v) is 4.87. The second kappa shape index (κ2) is 7.93. The van der Waals surface area contributed by atoms with E-state index in [-0.39, 0.29) is 0 Å². The summed E-state index contributed by atoms with van der Waals surface area (Å²) >= 11 is 3.45. The lowest BCUT2D eigenvalue weighted by Gasteiger charge is -2.25. The Balaban J connectivity index is 1.77. The molecule has 0 spiro atoms. The van der Waals surface area contributed by atoms with Crippen LogP contribution in [0.4, 0.5) is 0 Å². The Hall–Kier alpha value is -1.39. The lowest BCUT2D eigenvalue weighted by molar-refractivity contribution is 0.436. The van der Waals surface area contributed by atoms with E-state index in [1.54, 1.807) is 0 Å². The van der Waals surface area contributed by atoms with Gasteiger partial charge in [-0.15, -0.1) is 0 Å². The maximum absolute atomic E-state index is 4.80. The Morgan fingerprint density at radius 3 is 2.87 bits per heavy atom. The van der Waals surface area contributed by atoms with Gasteiger partial charge in [-0.25, -0.2) is 0 Å². The number of rotatable bonds is 7. The van der Waals surface area contributed by atoms with E-state index in [1.165, 1.54) is 22.2 Å². The van der Waals surface area contributed by atoms with Gasteiger partial charge in [0.05, 0.1) is 6.54 Å². The van der Waals surface area contributed by atoms with Crippen LogP contribution in [-0.2, 0) is 0 Å². The molecule has 1 unspecified atom stereocenters. The number of hydrogen-bond acceptors (Lipinski definition) is 3. The second-order valence-corrected chi connectivity index (χ2v) is 6.75. The van der Waals surface area contributed by atoms with Crippen molar-refractivity contribution >= 4 is 32.5 Å². The van der Waals surface area contributed by atoms with Crippen LogP contribution >= 0.6 is 15.9 Å². The zero-order valence-electron chi connectivity index (χ0n) is 13.6. The van der Waals surface area contributed by atoms with E-state index in [9.17, 15) is 0 Å². The SMILES string of the molecule is CC(C1=NCCN1CCNCCBr)c1cccc2ccccc12. The van der Waals surface area contributed by atoms with Crippen LogP contribution in [0.15, 0.2) is 47.5 Å². The van der Waals surface area contributed by atoms with Crippen LogP contribution in [0.25, 0.3) is 10.8 Å². The maximum atomic E-state index is 4.80. The van der Waals surface area contributed by atoms with Crippen molar-refractivity contribution in [1.82, 2.24) is 10.2 Å². The first kappa shape index (κ1) is 16.5. The highest BCUT2D eigenvalue weighted by atomic mass is 79.9. The quantitative estimate of drug-likeness (QED) is 0.592. The summed E-state index contributed by atoms with van der Waals surface area (Å²) in [5, 5.41) is 7.10. The maximum Gasteiger partial charge on any atom is 0.106 e. The third-order valence-electron chi connectivity index (χ3n) is 4.47. The molecular formula is C19H24BrN3. The molecule has 1 N–H and O–H groups in total. The molecule has 122 valence electrons. The first-order valence-corrected chi connectivity index (χ1v) is 9.47. The molecular weight excluding hydrogens is 350 g/mol. The summed E-state index contributed by atoms with van der Waals surface area (Å²) in [6.07, 6.45) is 0. The van der Waals surface area contributed by atoms with Crippen LogP contribution in [0.5, 0.6) is 0 Å². The van der Waals surface area contributed by atoms with Crippen molar-refractivity contribution in [3.05, 3.63) is 48.0 Å². The van der Waals surface area contributed by atoms with Gasteiger partial charge in [-0.2, -0.15) is 0 Å². The van der Waals surface area contributed by atoms with Gasteiger partial charge in [-0.3, -0.25) is 4.99 Å². The Kier molecular flexibility index (Phi) is 5.68. The average molecular weight is 374 g/mol. The van der Waals surface area contributed by atoms with E-state index in [1.807, 2.05) is 0 Å². The van der Waals surface area contributed by atoms with Crippen molar-refractivity contribution < 1.29 is 0 Å². The molecule has 2 aromatic carbocycles. The number of amidine groups is 1. The number of benzene rings is 2. The van der Waals surface area contributed by atoms with E-state index in [0.29, 0.717) is 5.92 Å². The molecule has 3 rings (SSSR count). The highest BCUT2D eigenvalue weighted by molar-refractivity contribution is 9.09. The van der Waals surface area contributed by atoms with Crippen LogP contribution in [0, 0.1) is 0 Å². The second-order valence-electron chi connectivity index (χ2n) is 5.96. The molecule has 4 heteroatoms. The number of nitrogens with one attached hydrogen (secondary N) is 1. The van der Waals surface area contributed by atoms with E-state index in [0.717, 1.165) is 38.1 Å². The number of alkyl halides is 1. The Bertz CT molecular complexity index is 678. The molecule has 23 heavy (non-hydrogen) atoms. The number of nitrogens with zero attached hydrogens (tertiary/aromatic N) is 2. The van der Waals surface area contributed by atoms with E-state index in [4.69, 9.17) is 4.99 Å². The van der Waals surface area contributed by atoms with E-state index < -0.39 is 0 Å². The lowest BCUT2D eigenvalue weighted by Crippen LogP contribution is -2.37. The van der Waals surface area contributed by atoms with Crippen LogP contribution in [0.3, 0.4) is 0 Å². The first-order chi connectivity index (χ1) is 11.3. The molecule has 0 aliphatic carbocycles. The van der Waals surface area contributed by atoms with Gasteiger partial charge in [0.2, 0.25) is 0 Å². The zero-order chi connectivity index (χ0) is 16.1. The summed E-state index contributed by atoms with van der Waals surface area (Å²) in [5.41, 5.74) is 1.38. The number of hydrogen-bond donors (Lipinski definition) is 1. The fourth-order valence-electron chi connectivity index (χ4n) is 3.31. The minimum atomic E-state index is 0.333. The van der Waals surface area contributed by atoms with Crippen LogP contribution in [0.2, 0.25) is 0 Å². The molecule has 0 bridgehead atoms. The highest BCUT2D eigenvalue weighted by Gasteiger charge is 2.24. The van der Waals surface area contributed by atoms with Gasteiger partial charge < -0.3 is 10.2 Å². The molecule has 0 saturated carbocycles. The van der Waals surface area contributed by atoms with Crippen molar-refractivity contribution in [3.8, 4) is 0 Å². The van der Waals surface area contributed by atoms with Gasteiger partial charge in [0.1, 0.15) is 5.84 Å². The van der Waals surface area contributed by atoms with E-state index in [2.05, 4.69) is 75.5 Å². The molecule has 1 heterocycles. The fourth-order valence-corrected chi connectivity index (χ4v) is 3.59. The predicted octanol–water partition coefficient (Wildman–Crippen LogP) is 3.64. The molecule has 0 saturated heterocycles. The fraction of sp³-hybridized carbons (Fsp3) is 0.421. The summed E-state index contributed by atoms with van der Waals surface area (Å²) in [6, 6.07) is 15.2. The van der Waals surface area contributed by atoms with E-state index >= 15 is 0 Å². The predicted molar refractivity (Wildman–Crippen MR) is 103 cm³/mol. The smallest absolute Gasteiger partial charge is 0.106 e. The molecule has 0 amide bonds. The van der Waals surface area contributed by atoms with Gasteiger partial charge in [-0.1, -0.05) is 65.3 Å². The van der Waals surface area contributed by atoms with Gasteiger partial charge in [0, 0.05) is 37.4 Å². The normalized spacial score (nSPS) is 15.9. The van der Waals surface area contributed by atoms with Crippen molar-refractivity contribution in [2.75, 3.05) is 38.1 Å². The molecule has 1 aliphatic heterocycles. The van der Waals surface area contributed by atoms with Crippen molar-refractivity contribution in [2.24, 2.45) is 4.99 Å². The summed E-state index contributed by atoms with van der Waals surface area (Å²) in [5.74, 6) is 1.57. The first-order valence-electron chi connectivity index (χ1n) is 8.35. The third kappa shape index (κ3) is 3.75. The Morgan fingerprint density at radius 2 is 2.00 bits per heavy atom. The molecule has 1 aliphatic rings. The molecule has 0 aromatic heterocycles. The van der Waals surface area contributed by atoms with Crippen molar-refractivity contribution in [3.63, 3.8) is 0 Å². The topological polar surface area (TPSA) is 27.6 Å². The largest absolute Gasteiger partial charge is 0.357 e. The van der Waals surface area contributed by atoms with Gasteiger partial charge >= 0.3 is 0 Å². The summed E-state index contributed by atoms with van der Waals surface area (Å²) < 4.78 is 0. The van der Waals surface area contributed by atoms with Gasteiger partial charge in [-0.05, 0) is 16.3 Å². The monoisotopic (exact) mass is 373 g/mol. The molecule has 0 fully saturated rings. The van der Waals surface area contributed by atoms with Crippen molar-refractivity contribution in [1.29, 1.82) is 0 Å². The summed E-state index contributed by atoms with van der Waals surface area (Å²) in [6.45, 7) is 7.29. The lowest BCUT2D eigenvalue weighted by atomic mass is 9.93. The van der Waals surface area contributed by atoms with Crippen LogP contribution in [-0.4, -0.2) is 48.8 Å². The minimum absolute atomic E-state index is 0.333. The summed E-state index contributed by atoms with van der Waals surface area (Å²) in [4.78, 5) is 7.24. The standard InChI is InChI=1S/C19H24BrN3/c1-15(17-8-4-6-16-5-2-3-7-18(16)17)19-22-12-14-23(19)13-11-21-10-9-20/h2-8,15,21H,9-14H2,1H3. The number of aliphatic imine (C=N–C) groups is 1. The molecule has 2 aromatic rings. The molecule has 3 nitrogen and oxygen atoms in total. The molecule has 0 radical (unpaired) electrons. The van der Waals surface area contributed by atoms with Gasteiger partial charge in [0.25, 0.3) is 0 Å². The summed E-state index contributed by atoms with van der Waals surface area (Å²) in [7, 11) is 0. The van der Waals surface area contributed by atoms with Crippen molar-refractivity contribution in [2.45, 2.75) is 12.8 Å². The Labute approximate surface area is 146 Å². The molecule has 1 atom stereocenters. The minimum Gasteiger partial charge on any atom is -0.357 e. The zero-order valence-corrected chi connectivity index (χ0v) is 15.2.